The van der Waals surface area contributed by atoms with Gasteiger partial charge in [-0.1, -0.05) is 0 Å². The Labute approximate surface area is 121 Å². The van der Waals surface area contributed by atoms with Crippen LogP contribution in [0.5, 0.6) is 0 Å². The molecular weight excluding hydrogens is 364 g/mol. The molecule has 23 heavy (non-hydrogen) atoms. The Morgan fingerprint density at radius 3 is 1.04 bits per heavy atom. The second kappa shape index (κ2) is 7.34. The third-order valence-corrected chi connectivity index (χ3v) is 2.54. The van der Waals surface area contributed by atoms with Gasteiger partial charge in [0, 0.05) is 12.8 Å². The van der Waals surface area contributed by atoms with E-state index in [4.69, 9.17) is 0 Å². The first-order valence-corrected chi connectivity index (χ1v) is 5.75. The first kappa shape index (κ1) is 22.1. The van der Waals surface area contributed by atoms with Crippen molar-refractivity contribution >= 4 is 0 Å². The minimum Gasteiger partial charge on any atom is -0.302 e. The van der Waals surface area contributed by atoms with Crippen molar-refractivity contribution in [1.82, 2.24) is 0 Å². The molecule has 0 rings (SSSR count). The second-order valence-corrected chi connectivity index (χ2v) is 4.36. The van der Waals surface area contributed by atoms with E-state index in [1.54, 1.807) is 0 Å². The van der Waals surface area contributed by atoms with Crippen LogP contribution >= 0.6 is 0 Å². The maximum Gasteiger partial charge on any atom is 0.425 e. The van der Waals surface area contributed by atoms with Crippen LogP contribution in [-0.2, 0) is 4.74 Å². The molecule has 0 saturated carbocycles. The zero-order valence-corrected chi connectivity index (χ0v) is 10.9. The number of ether oxygens (including phenoxy) is 1. The molecule has 0 spiro atoms. The number of halogens is 12. The van der Waals surface area contributed by atoms with Crippen molar-refractivity contribution in [1.29, 1.82) is 0 Å². The fraction of sp³-hybridized carbons (Fsp3) is 1.00. The predicted octanol–water partition coefficient (Wildman–Crippen LogP) is 4.85. The number of hydrogen-bond acceptors (Lipinski definition) is 1. The molecule has 0 bridgehead atoms. The van der Waals surface area contributed by atoms with Crippen LogP contribution in [0.2, 0.25) is 0 Å². The van der Waals surface area contributed by atoms with Crippen molar-refractivity contribution < 1.29 is 57.4 Å². The largest absolute Gasteiger partial charge is 0.425 e. The molecule has 0 saturated heterocycles. The lowest BCUT2D eigenvalue weighted by molar-refractivity contribution is -0.374. The van der Waals surface area contributed by atoms with Gasteiger partial charge in [-0.3, -0.25) is 8.78 Å². The van der Waals surface area contributed by atoms with Crippen LogP contribution in [0.25, 0.3) is 0 Å². The smallest absolute Gasteiger partial charge is 0.302 e. The summed E-state index contributed by atoms with van der Waals surface area (Å²) in [5.74, 6) is -10.0. The van der Waals surface area contributed by atoms with Gasteiger partial charge in [0.25, 0.3) is 24.1 Å². The third kappa shape index (κ3) is 5.60. The van der Waals surface area contributed by atoms with Gasteiger partial charge < -0.3 is 4.74 Å². The van der Waals surface area contributed by atoms with E-state index in [-0.39, 0.29) is 0 Å². The standard InChI is InChI=1S/C10H10F12O/c11-3-1-7(15,5(13)9(17,18)19)23-8(16,2-4-12)6(14)10(20,21)22/h5-6H,1-4H2. The zero-order valence-electron chi connectivity index (χ0n) is 10.9. The summed E-state index contributed by atoms with van der Waals surface area (Å²) in [6, 6.07) is 0. The maximum absolute atomic E-state index is 13.8. The predicted molar refractivity (Wildman–Crippen MR) is 51.8 cm³/mol. The molecule has 1 nitrogen and oxygen atoms in total. The quantitative estimate of drug-likeness (QED) is 0.552. The average Bonchev–Trinajstić information content (AvgIpc) is 2.35. The summed E-state index contributed by atoms with van der Waals surface area (Å²) in [7, 11) is 0. The summed E-state index contributed by atoms with van der Waals surface area (Å²) in [4.78, 5) is 0. The zero-order chi connectivity index (χ0) is 18.7. The molecule has 0 aliphatic rings. The first-order valence-electron chi connectivity index (χ1n) is 5.75. The van der Waals surface area contributed by atoms with Crippen LogP contribution in [-0.4, -0.2) is 49.8 Å². The molecule has 0 amide bonds. The second-order valence-electron chi connectivity index (χ2n) is 4.36. The monoisotopic (exact) mass is 374 g/mol. The molecule has 13 heteroatoms. The molecule has 4 atom stereocenters. The normalized spacial score (nSPS) is 21.4. The van der Waals surface area contributed by atoms with Gasteiger partial charge in [0.15, 0.2) is 0 Å². The molecule has 0 aromatic heterocycles. The molecule has 4 unspecified atom stereocenters. The van der Waals surface area contributed by atoms with E-state index in [1.165, 1.54) is 0 Å². The SMILES string of the molecule is FCCC(F)(OC(F)(CCF)C(F)C(F)(F)F)C(F)C(F)(F)F. The molecule has 0 aromatic carbocycles. The Morgan fingerprint density at radius 2 is 0.870 bits per heavy atom. The highest BCUT2D eigenvalue weighted by Crippen LogP contribution is 2.45. The Morgan fingerprint density at radius 1 is 0.609 bits per heavy atom. The van der Waals surface area contributed by atoms with Gasteiger partial charge in [-0.15, -0.1) is 0 Å². The lowest BCUT2D eigenvalue weighted by atomic mass is 10.1. The fourth-order valence-corrected chi connectivity index (χ4v) is 1.49. The van der Waals surface area contributed by atoms with Crippen molar-refractivity contribution in [2.24, 2.45) is 0 Å². The van der Waals surface area contributed by atoms with Crippen LogP contribution in [0.3, 0.4) is 0 Å². The molecule has 0 aliphatic carbocycles. The van der Waals surface area contributed by atoms with Gasteiger partial charge in [-0.25, -0.2) is 17.6 Å². The minimum atomic E-state index is -6.12. The highest BCUT2D eigenvalue weighted by atomic mass is 19.4. The maximum atomic E-state index is 13.8. The highest BCUT2D eigenvalue weighted by Gasteiger charge is 2.64. The van der Waals surface area contributed by atoms with Gasteiger partial charge >= 0.3 is 12.4 Å². The van der Waals surface area contributed by atoms with Crippen LogP contribution in [0, 0.1) is 0 Å². The van der Waals surface area contributed by atoms with Gasteiger partial charge in [-0.2, -0.15) is 26.3 Å². The van der Waals surface area contributed by atoms with Crippen molar-refractivity contribution in [3.63, 3.8) is 0 Å². The van der Waals surface area contributed by atoms with Crippen molar-refractivity contribution in [3.8, 4) is 0 Å². The third-order valence-electron chi connectivity index (χ3n) is 2.54. The van der Waals surface area contributed by atoms with E-state index >= 15 is 0 Å². The Balaban J connectivity index is 5.73. The molecule has 140 valence electrons. The molecule has 0 heterocycles. The summed E-state index contributed by atoms with van der Waals surface area (Å²) < 4.78 is 154. The topological polar surface area (TPSA) is 9.23 Å². The molecule has 0 radical (unpaired) electrons. The lowest BCUT2D eigenvalue weighted by Gasteiger charge is -2.37. The summed E-state index contributed by atoms with van der Waals surface area (Å²) in [5, 5.41) is 0. The van der Waals surface area contributed by atoms with Gasteiger partial charge in [0.2, 0.25) is 0 Å². The van der Waals surface area contributed by atoms with E-state index in [0.717, 1.165) is 0 Å². The Bertz CT molecular complexity index is 334. The molecule has 0 fully saturated rings. The van der Waals surface area contributed by atoms with Crippen LogP contribution < -0.4 is 0 Å². The number of hydrogen-bond donors (Lipinski definition) is 0. The lowest BCUT2D eigenvalue weighted by Crippen LogP contribution is -2.56. The van der Waals surface area contributed by atoms with E-state index in [9.17, 15) is 52.7 Å². The molecular formula is C10H10F12O. The fourth-order valence-electron chi connectivity index (χ4n) is 1.49. The van der Waals surface area contributed by atoms with Gasteiger partial charge in [0.05, 0.1) is 13.3 Å². The van der Waals surface area contributed by atoms with Crippen molar-refractivity contribution in [3.05, 3.63) is 0 Å². The highest BCUT2D eigenvalue weighted by molar-refractivity contribution is 4.91. The summed E-state index contributed by atoms with van der Waals surface area (Å²) >= 11 is 0. The molecule has 0 aliphatic heterocycles. The summed E-state index contributed by atoms with van der Waals surface area (Å²) in [6.45, 7) is -4.22. The van der Waals surface area contributed by atoms with Crippen LogP contribution in [0.1, 0.15) is 12.8 Å². The van der Waals surface area contributed by atoms with E-state index in [2.05, 4.69) is 4.74 Å². The van der Waals surface area contributed by atoms with E-state index in [1.807, 2.05) is 0 Å². The number of rotatable bonds is 8. The van der Waals surface area contributed by atoms with E-state index in [0.29, 0.717) is 0 Å². The van der Waals surface area contributed by atoms with Gasteiger partial charge in [0.1, 0.15) is 0 Å². The Hall–Kier alpha value is -0.880. The van der Waals surface area contributed by atoms with Crippen molar-refractivity contribution in [2.75, 3.05) is 13.3 Å². The van der Waals surface area contributed by atoms with E-state index < -0.39 is 62.6 Å². The molecule has 0 aromatic rings. The van der Waals surface area contributed by atoms with Crippen molar-refractivity contribution in [2.45, 2.75) is 49.2 Å². The Kier molecular flexibility index (Phi) is 7.06. The van der Waals surface area contributed by atoms with Crippen LogP contribution in [0.4, 0.5) is 52.7 Å². The average molecular weight is 374 g/mol. The minimum absolute atomic E-state index is 2.11. The van der Waals surface area contributed by atoms with Gasteiger partial charge in [-0.05, 0) is 0 Å². The van der Waals surface area contributed by atoms with Crippen LogP contribution in [0.15, 0.2) is 0 Å². The first-order chi connectivity index (χ1) is 10.1. The summed E-state index contributed by atoms with van der Waals surface area (Å²) in [5.41, 5.74) is 0. The number of alkyl halides is 12. The molecule has 0 N–H and O–H groups in total. The summed E-state index contributed by atoms with van der Waals surface area (Å²) in [6.07, 6.45) is -26.2.